The van der Waals surface area contributed by atoms with E-state index in [0.717, 1.165) is 39.0 Å². The maximum Gasteiger partial charge on any atom is 0.270 e. The number of hydrogen-bond donors (Lipinski definition) is 1. The largest absolute Gasteiger partial charge is 0.310 e. The number of hydrogen-bond acceptors (Lipinski definition) is 5. The van der Waals surface area contributed by atoms with Gasteiger partial charge in [0.05, 0.1) is 12.2 Å². The number of nitrogens with one attached hydrogen (secondary N) is 1. The Kier molecular flexibility index (Phi) is 5.24. The number of nitrogens with zero attached hydrogens (tertiary/aromatic N) is 4. The number of pyridine rings is 1. The lowest BCUT2D eigenvalue weighted by atomic mass is 10.0. The lowest BCUT2D eigenvalue weighted by Crippen LogP contribution is -2.44. The SMILES string of the molecule is Cc1ccc(CNC2CCN(CC3Cn4c(=O)ccc5ncc(=O)n3c54)CC2)cc1C. The first-order chi connectivity index (χ1) is 15.0. The molecule has 2 aromatic heterocycles. The molecule has 31 heavy (non-hydrogen) atoms. The summed E-state index contributed by atoms with van der Waals surface area (Å²) in [6.07, 6.45) is 3.55. The average molecular weight is 420 g/mol. The zero-order valence-corrected chi connectivity index (χ0v) is 18.2. The molecule has 0 radical (unpaired) electrons. The molecule has 1 N–H and O–H groups in total. The standard InChI is InChI=1S/C24H29N5O2/c1-16-3-4-18(11-17(16)2)12-25-19-7-9-27(10-8-19)14-20-15-28-22(30)6-5-21-24(28)29(20)23(31)13-26-21/h3-6,11,13,19-20,25H,7-10,12,14-15H2,1-2H3. The van der Waals surface area contributed by atoms with Crippen LogP contribution >= 0.6 is 0 Å². The van der Waals surface area contributed by atoms with Crippen molar-refractivity contribution in [2.24, 2.45) is 0 Å². The molecule has 1 atom stereocenters. The Morgan fingerprint density at radius 3 is 2.61 bits per heavy atom. The molecule has 1 saturated heterocycles. The van der Waals surface area contributed by atoms with Gasteiger partial charge in [-0.2, -0.15) is 0 Å². The molecule has 2 aliphatic heterocycles. The van der Waals surface area contributed by atoms with Gasteiger partial charge in [-0.15, -0.1) is 0 Å². The van der Waals surface area contributed by atoms with Crippen LogP contribution in [0.1, 0.15) is 35.6 Å². The lowest BCUT2D eigenvalue weighted by molar-refractivity contribution is 0.171. The molecule has 3 aromatic rings. The molecule has 1 fully saturated rings. The van der Waals surface area contributed by atoms with Crippen molar-refractivity contribution in [1.82, 2.24) is 24.3 Å². The zero-order chi connectivity index (χ0) is 21.5. The molecule has 0 aliphatic carbocycles. The molecule has 0 saturated carbocycles. The molecule has 1 unspecified atom stereocenters. The number of aryl methyl sites for hydroxylation is 2. The van der Waals surface area contributed by atoms with Crippen molar-refractivity contribution in [2.45, 2.75) is 51.9 Å². The topological polar surface area (TPSA) is 72.2 Å². The Hall–Kier alpha value is -2.77. The number of benzene rings is 1. The van der Waals surface area contributed by atoms with Crippen LogP contribution in [0.2, 0.25) is 0 Å². The van der Waals surface area contributed by atoms with Crippen LogP contribution in [0.5, 0.6) is 0 Å². The normalized spacial score (nSPS) is 19.4. The monoisotopic (exact) mass is 419 g/mol. The van der Waals surface area contributed by atoms with E-state index in [-0.39, 0.29) is 17.2 Å². The van der Waals surface area contributed by atoms with Gasteiger partial charge in [0.25, 0.3) is 11.1 Å². The maximum atomic E-state index is 12.5. The zero-order valence-electron chi connectivity index (χ0n) is 18.2. The van der Waals surface area contributed by atoms with Crippen LogP contribution in [0.25, 0.3) is 11.2 Å². The second kappa shape index (κ2) is 8.05. The minimum atomic E-state index is -0.126. The van der Waals surface area contributed by atoms with Crippen LogP contribution in [0.4, 0.5) is 0 Å². The Bertz CT molecular complexity index is 1230. The first-order valence-electron chi connectivity index (χ1n) is 11.1. The molecule has 1 aromatic carbocycles. The molecule has 0 bridgehead atoms. The van der Waals surface area contributed by atoms with Gasteiger partial charge in [0.15, 0.2) is 0 Å². The van der Waals surface area contributed by atoms with E-state index >= 15 is 0 Å². The van der Waals surface area contributed by atoms with E-state index in [1.807, 2.05) is 0 Å². The molecular weight excluding hydrogens is 390 g/mol. The Labute approximate surface area is 181 Å². The van der Waals surface area contributed by atoms with Crippen molar-refractivity contribution in [2.75, 3.05) is 19.6 Å². The van der Waals surface area contributed by atoms with Gasteiger partial charge in [0.1, 0.15) is 11.2 Å². The van der Waals surface area contributed by atoms with Crippen molar-refractivity contribution in [3.63, 3.8) is 0 Å². The van der Waals surface area contributed by atoms with Gasteiger partial charge in [-0.3, -0.25) is 18.7 Å². The number of rotatable bonds is 5. The first kappa shape index (κ1) is 20.2. The van der Waals surface area contributed by atoms with Crippen molar-refractivity contribution < 1.29 is 0 Å². The molecule has 7 nitrogen and oxygen atoms in total. The highest BCUT2D eigenvalue weighted by Crippen LogP contribution is 2.24. The summed E-state index contributed by atoms with van der Waals surface area (Å²) in [7, 11) is 0. The molecule has 2 aliphatic rings. The fourth-order valence-electron chi connectivity index (χ4n) is 4.96. The fraction of sp³-hybridized carbons (Fsp3) is 0.458. The maximum absolute atomic E-state index is 12.5. The van der Waals surface area contributed by atoms with Crippen LogP contribution in [0.3, 0.4) is 0 Å². The van der Waals surface area contributed by atoms with E-state index in [4.69, 9.17) is 0 Å². The Morgan fingerprint density at radius 1 is 1.03 bits per heavy atom. The summed E-state index contributed by atoms with van der Waals surface area (Å²) in [4.78, 5) is 31.5. The highest BCUT2D eigenvalue weighted by Gasteiger charge is 2.29. The highest BCUT2D eigenvalue weighted by atomic mass is 16.1. The summed E-state index contributed by atoms with van der Waals surface area (Å²) in [6, 6.07) is 10.4. The molecule has 7 heteroatoms. The quantitative estimate of drug-likeness (QED) is 0.685. The molecule has 162 valence electrons. The van der Waals surface area contributed by atoms with Crippen LogP contribution in [0.15, 0.2) is 46.1 Å². The average Bonchev–Trinajstić information content (AvgIpc) is 3.15. The summed E-state index contributed by atoms with van der Waals surface area (Å²) < 4.78 is 3.47. The molecular formula is C24H29N5O2. The number of piperidine rings is 1. The molecule has 4 heterocycles. The summed E-state index contributed by atoms with van der Waals surface area (Å²) in [5.74, 6) is 0. The van der Waals surface area contributed by atoms with Gasteiger partial charge in [-0.1, -0.05) is 18.2 Å². The summed E-state index contributed by atoms with van der Waals surface area (Å²) in [6.45, 7) is 8.52. The van der Waals surface area contributed by atoms with Crippen molar-refractivity contribution >= 4 is 11.2 Å². The minimum Gasteiger partial charge on any atom is -0.310 e. The van der Waals surface area contributed by atoms with Gasteiger partial charge in [-0.25, -0.2) is 4.98 Å². The Balaban J connectivity index is 1.21. The smallest absolute Gasteiger partial charge is 0.270 e. The predicted octanol–water partition coefficient (Wildman–Crippen LogP) is 1.98. The summed E-state index contributed by atoms with van der Waals surface area (Å²) in [5.41, 5.74) is 5.18. The van der Waals surface area contributed by atoms with Crippen LogP contribution < -0.4 is 16.4 Å². The van der Waals surface area contributed by atoms with Crippen molar-refractivity contribution in [3.8, 4) is 0 Å². The predicted molar refractivity (Wildman–Crippen MR) is 122 cm³/mol. The van der Waals surface area contributed by atoms with Gasteiger partial charge in [-0.05, 0) is 62.5 Å². The van der Waals surface area contributed by atoms with Gasteiger partial charge < -0.3 is 10.2 Å². The van der Waals surface area contributed by atoms with Gasteiger partial charge in [0, 0.05) is 31.7 Å². The Morgan fingerprint density at radius 2 is 1.84 bits per heavy atom. The number of aromatic nitrogens is 3. The third-order valence-corrected chi connectivity index (χ3v) is 6.90. The molecule has 5 rings (SSSR count). The van der Waals surface area contributed by atoms with E-state index in [9.17, 15) is 9.59 Å². The van der Waals surface area contributed by atoms with E-state index in [2.05, 4.69) is 47.2 Å². The van der Waals surface area contributed by atoms with Crippen LogP contribution in [-0.2, 0) is 13.1 Å². The fourth-order valence-corrected chi connectivity index (χ4v) is 4.96. The second-order valence-corrected chi connectivity index (χ2v) is 8.99. The van der Waals surface area contributed by atoms with E-state index in [1.165, 1.54) is 22.9 Å². The van der Waals surface area contributed by atoms with Gasteiger partial charge >= 0.3 is 0 Å². The highest BCUT2D eigenvalue weighted by molar-refractivity contribution is 5.71. The van der Waals surface area contributed by atoms with E-state index in [1.54, 1.807) is 21.3 Å². The third kappa shape index (κ3) is 3.83. The minimum absolute atomic E-state index is 0.0202. The van der Waals surface area contributed by atoms with Gasteiger partial charge in [0.2, 0.25) is 0 Å². The molecule has 0 spiro atoms. The molecule has 0 amide bonds. The lowest BCUT2D eigenvalue weighted by Gasteiger charge is -2.34. The summed E-state index contributed by atoms with van der Waals surface area (Å²) >= 11 is 0. The van der Waals surface area contributed by atoms with Crippen molar-refractivity contribution in [1.29, 1.82) is 0 Å². The van der Waals surface area contributed by atoms with E-state index in [0.29, 0.717) is 23.8 Å². The summed E-state index contributed by atoms with van der Waals surface area (Å²) in [5, 5.41) is 3.71. The van der Waals surface area contributed by atoms with Crippen LogP contribution in [0, 0.1) is 13.8 Å². The number of likely N-dealkylation sites (tertiary alicyclic amines) is 1. The third-order valence-electron chi connectivity index (χ3n) is 6.90. The second-order valence-electron chi connectivity index (χ2n) is 8.99. The van der Waals surface area contributed by atoms with Crippen LogP contribution in [-0.4, -0.2) is 44.7 Å². The van der Waals surface area contributed by atoms with E-state index < -0.39 is 0 Å². The van der Waals surface area contributed by atoms with Crippen molar-refractivity contribution in [3.05, 3.63) is 73.9 Å². The first-order valence-corrected chi connectivity index (χ1v) is 11.1.